The zero-order chi connectivity index (χ0) is 20.8. The molecule has 0 saturated heterocycles. The number of benzene rings is 1. The molecular weight excluding hydrogens is 368 g/mol. The van der Waals surface area contributed by atoms with Gasteiger partial charge in [0.05, 0.1) is 0 Å². The van der Waals surface area contributed by atoms with Gasteiger partial charge in [0.15, 0.2) is 0 Å². The first-order valence-electron chi connectivity index (χ1n) is 10.5. The molecule has 1 N–H and O–H groups in total. The number of rotatable bonds is 9. The molecule has 3 nitrogen and oxygen atoms in total. The van der Waals surface area contributed by atoms with Crippen LogP contribution in [0.2, 0.25) is 5.02 Å². The molecule has 0 atom stereocenters. The van der Waals surface area contributed by atoms with Gasteiger partial charge in [0, 0.05) is 17.8 Å². The van der Waals surface area contributed by atoms with Gasteiger partial charge in [-0.25, -0.2) is 0 Å². The highest BCUT2D eigenvalue weighted by Crippen LogP contribution is 2.12. The predicted molar refractivity (Wildman–Crippen MR) is 120 cm³/mol. The van der Waals surface area contributed by atoms with Gasteiger partial charge >= 0.3 is 0 Å². The lowest BCUT2D eigenvalue weighted by Crippen LogP contribution is -2.30. The minimum Gasteiger partial charge on any atom is -0.350 e. The predicted octanol–water partition coefficient (Wildman–Crippen LogP) is 6.49. The monoisotopic (exact) mass is 402 g/mol. The van der Waals surface area contributed by atoms with Crippen LogP contribution in [-0.2, 0) is 12.8 Å². The highest BCUT2D eigenvalue weighted by molar-refractivity contribution is 6.30. The van der Waals surface area contributed by atoms with Gasteiger partial charge in [-0.3, -0.25) is 9.78 Å². The molecule has 0 aliphatic rings. The number of aryl methyl sites for hydroxylation is 2. The molecule has 0 spiro atoms. The number of nitrogens with zero attached hydrogens (tertiary/aromatic N) is 1. The molecule has 0 fully saturated rings. The van der Waals surface area contributed by atoms with Crippen LogP contribution in [-0.4, -0.2) is 17.4 Å². The van der Waals surface area contributed by atoms with Crippen molar-refractivity contribution in [3.8, 4) is 0 Å². The van der Waals surface area contributed by atoms with Crippen LogP contribution >= 0.6 is 11.6 Å². The maximum absolute atomic E-state index is 12.0. The molecule has 28 heavy (non-hydrogen) atoms. The molecule has 1 heterocycles. The van der Waals surface area contributed by atoms with Crippen molar-refractivity contribution in [1.82, 2.24) is 10.3 Å². The molecule has 0 bridgehead atoms. The van der Waals surface area contributed by atoms with Crippen LogP contribution in [0.3, 0.4) is 0 Å². The van der Waals surface area contributed by atoms with Crippen molar-refractivity contribution < 1.29 is 4.79 Å². The summed E-state index contributed by atoms with van der Waals surface area (Å²) in [4.78, 5) is 16.2. The van der Waals surface area contributed by atoms with Crippen LogP contribution < -0.4 is 5.32 Å². The van der Waals surface area contributed by atoms with Crippen LogP contribution in [0.25, 0.3) is 0 Å². The summed E-state index contributed by atoms with van der Waals surface area (Å²) in [5, 5.41) is 3.82. The van der Waals surface area contributed by atoms with Crippen LogP contribution in [0.5, 0.6) is 0 Å². The zero-order valence-corrected chi connectivity index (χ0v) is 18.6. The van der Waals surface area contributed by atoms with E-state index in [1.54, 1.807) is 6.20 Å². The first-order chi connectivity index (χ1) is 13.5. The third kappa shape index (κ3) is 9.36. The molecule has 0 saturated carbocycles. The molecular formula is C24H35ClN2O. The highest BCUT2D eigenvalue weighted by Gasteiger charge is 2.11. The fraction of sp³-hybridized carbons (Fsp3) is 0.500. The first kappa shape index (κ1) is 24.2. The summed E-state index contributed by atoms with van der Waals surface area (Å²) < 4.78 is 0. The lowest BCUT2D eigenvalue weighted by atomic mass is 9.98. The zero-order valence-electron chi connectivity index (χ0n) is 17.8. The molecule has 2 aromatic rings. The molecule has 0 aliphatic carbocycles. The summed E-state index contributed by atoms with van der Waals surface area (Å²) in [6, 6.07) is 11.7. The van der Waals surface area contributed by atoms with Crippen molar-refractivity contribution in [2.45, 2.75) is 66.2 Å². The summed E-state index contributed by atoms with van der Waals surface area (Å²) >= 11 is 5.67. The second-order valence-corrected chi connectivity index (χ2v) is 7.48. The SMILES string of the molecule is CCCC(CCC)CNC(=O)c1ccc(CC)cn1.CCc1ccc(Cl)cc1. The van der Waals surface area contributed by atoms with E-state index in [2.05, 4.69) is 38.0 Å². The van der Waals surface area contributed by atoms with Crippen molar-refractivity contribution in [3.05, 3.63) is 64.4 Å². The Kier molecular flexibility index (Phi) is 12.2. The van der Waals surface area contributed by atoms with Crippen molar-refractivity contribution in [2.24, 2.45) is 5.92 Å². The van der Waals surface area contributed by atoms with E-state index in [0.717, 1.165) is 30.0 Å². The molecule has 0 unspecified atom stereocenters. The number of pyridine rings is 1. The first-order valence-corrected chi connectivity index (χ1v) is 10.9. The van der Waals surface area contributed by atoms with E-state index in [1.807, 2.05) is 36.4 Å². The Morgan fingerprint density at radius 3 is 1.96 bits per heavy atom. The van der Waals surface area contributed by atoms with E-state index in [9.17, 15) is 4.79 Å². The van der Waals surface area contributed by atoms with Gasteiger partial charge < -0.3 is 5.32 Å². The Balaban J connectivity index is 0.000000362. The lowest BCUT2D eigenvalue weighted by molar-refractivity contribution is 0.0940. The summed E-state index contributed by atoms with van der Waals surface area (Å²) in [7, 11) is 0. The van der Waals surface area contributed by atoms with Gasteiger partial charge in [0.2, 0.25) is 0 Å². The van der Waals surface area contributed by atoms with Gasteiger partial charge in [-0.1, -0.05) is 70.3 Å². The van der Waals surface area contributed by atoms with Gasteiger partial charge in [0.1, 0.15) is 5.69 Å². The number of halogens is 1. The number of amides is 1. The largest absolute Gasteiger partial charge is 0.350 e. The maximum atomic E-state index is 12.0. The molecule has 1 aromatic heterocycles. The van der Waals surface area contributed by atoms with E-state index in [0.29, 0.717) is 11.6 Å². The fourth-order valence-electron chi connectivity index (χ4n) is 2.98. The number of nitrogens with one attached hydrogen (secondary N) is 1. The molecule has 0 radical (unpaired) electrons. The number of aromatic nitrogens is 1. The Morgan fingerprint density at radius 2 is 1.50 bits per heavy atom. The summed E-state index contributed by atoms with van der Waals surface area (Å²) in [6.45, 7) is 9.35. The average molecular weight is 403 g/mol. The van der Waals surface area contributed by atoms with Crippen molar-refractivity contribution in [2.75, 3.05) is 6.54 Å². The summed E-state index contributed by atoms with van der Waals surface area (Å²) in [5.41, 5.74) is 3.01. The molecule has 1 amide bonds. The average Bonchev–Trinajstić information content (AvgIpc) is 2.73. The summed E-state index contributed by atoms with van der Waals surface area (Å²) in [6.07, 6.45) is 8.51. The van der Waals surface area contributed by atoms with E-state index in [1.165, 1.54) is 31.2 Å². The third-order valence-corrected chi connectivity index (χ3v) is 4.98. The quantitative estimate of drug-likeness (QED) is 0.520. The minimum absolute atomic E-state index is 0.0557. The second kappa shape index (κ2) is 14.2. The van der Waals surface area contributed by atoms with E-state index in [-0.39, 0.29) is 5.91 Å². The van der Waals surface area contributed by atoms with Gasteiger partial charge in [0.25, 0.3) is 5.91 Å². The summed E-state index contributed by atoms with van der Waals surface area (Å²) in [5.74, 6) is 0.536. The van der Waals surface area contributed by atoms with Gasteiger partial charge in [-0.05, 0) is 60.9 Å². The van der Waals surface area contributed by atoms with Crippen LogP contribution in [0.4, 0.5) is 0 Å². The number of hydrogen-bond acceptors (Lipinski definition) is 2. The number of carbonyl (C=O) groups excluding carboxylic acids is 1. The Labute approximate surface area is 175 Å². The minimum atomic E-state index is -0.0557. The standard InChI is InChI=1S/C16H26N2O.C8H9Cl/c1-4-7-14(8-5-2)12-18-16(19)15-10-9-13(6-3)11-17-15;1-2-7-3-5-8(9)6-4-7/h9-11,14H,4-8,12H2,1-3H3,(H,18,19);3-6H,2H2,1H3. The smallest absolute Gasteiger partial charge is 0.269 e. The number of carbonyl (C=O) groups is 1. The van der Waals surface area contributed by atoms with E-state index >= 15 is 0 Å². The van der Waals surface area contributed by atoms with Crippen molar-refractivity contribution in [3.63, 3.8) is 0 Å². The molecule has 2 rings (SSSR count). The molecule has 1 aromatic carbocycles. The molecule has 154 valence electrons. The van der Waals surface area contributed by atoms with Crippen LogP contribution in [0.15, 0.2) is 42.6 Å². The second-order valence-electron chi connectivity index (χ2n) is 7.04. The fourth-order valence-corrected chi connectivity index (χ4v) is 3.11. The Bertz CT molecular complexity index is 662. The third-order valence-electron chi connectivity index (χ3n) is 4.73. The lowest BCUT2D eigenvalue weighted by Gasteiger charge is -2.15. The van der Waals surface area contributed by atoms with Gasteiger partial charge in [-0.15, -0.1) is 0 Å². The van der Waals surface area contributed by atoms with Crippen LogP contribution in [0.1, 0.15) is 75.0 Å². The molecule has 0 aliphatic heterocycles. The van der Waals surface area contributed by atoms with Crippen molar-refractivity contribution in [1.29, 1.82) is 0 Å². The van der Waals surface area contributed by atoms with Crippen molar-refractivity contribution >= 4 is 17.5 Å². The maximum Gasteiger partial charge on any atom is 0.269 e. The highest BCUT2D eigenvalue weighted by atomic mass is 35.5. The number of hydrogen-bond donors (Lipinski definition) is 1. The van der Waals surface area contributed by atoms with E-state index in [4.69, 9.17) is 11.6 Å². The van der Waals surface area contributed by atoms with Gasteiger partial charge in [-0.2, -0.15) is 0 Å². The van der Waals surface area contributed by atoms with E-state index < -0.39 is 0 Å². The molecule has 4 heteroatoms. The normalized spacial score (nSPS) is 10.4. The topological polar surface area (TPSA) is 42.0 Å². The van der Waals surface area contributed by atoms with Crippen LogP contribution in [0, 0.1) is 5.92 Å². The Hall–Kier alpha value is -1.87. The Morgan fingerprint density at radius 1 is 0.929 bits per heavy atom.